The number of sulfone groups is 1. The third kappa shape index (κ3) is 4.33. The van der Waals surface area contributed by atoms with Gasteiger partial charge >= 0.3 is 11.5 Å². The molecule has 0 bridgehead atoms. The summed E-state index contributed by atoms with van der Waals surface area (Å²) in [6.07, 6.45) is 0. The predicted molar refractivity (Wildman–Crippen MR) is 90.9 cm³/mol. The van der Waals surface area contributed by atoms with Gasteiger partial charge in [-0.2, -0.15) is 13.2 Å². The first-order valence-electron chi connectivity index (χ1n) is 6.75. The number of benzene rings is 2. The maximum absolute atomic E-state index is 12.5. The zero-order chi connectivity index (χ0) is 19.7. The highest BCUT2D eigenvalue weighted by Gasteiger charge is 2.46. The van der Waals surface area contributed by atoms with E-state index in [1.54, 1.807) is 0 Å². The second-order valence-electron chi connectivity index (χ2n) is 5.03. The molecule has 2 aromatic carbocycles. The van der Waals surface area contributed by atoms with E-state index in [0.29, 0.717) is 10.0 Å². The molecule has 2 rings (SSSR count). The van der Waals surface area contributed by atoms with E-state index in [-0.39, 0.29) is 16.2 Å². The first-order valence-corrected chi connectivity index (χ1v) is 10.3. The average molecular weight is 471 g/mol. The second kappa shape index (κ2) is 7.49. The van der Waals surface area contributed by atoms with Crippen LogP contribution in [0, 0.1) is 0 Å². The van der Waals surface area contributed by atoms with E-state index < -0.39 is 37.0 Å². The minimum atomic E-state index is -5.46. The fraction of sp³-hybridized carbons (Fsp3) is 0.133. The normalized spacial score (nSPS) is 13.4. The Morgan fingerprint density at radius 1 is 1.12 bits per heavy atom. The SMILES string of the molecule is O=C(O)c1cc(Br)ccc1S(=O)Cc1ccc(S(=O)(=O)C(F)(F)F)cc1. The maximum atomic E-state index is 12.5. The van der Waals surface area contributed by atoms with Gasteiger partial charge in [-0.1, -0.05) is 28.1 Å². The number of aromatic carboxylic acids is 1. The summed E-state index contributed by atoms with van der Waals surface area (Å²) < 4.78 is 73.0. The van der Waals surface area contributed by atoms with E-state index in [9.17, 15) is 35.7 Å². The molecule has 0 aliphatic carbocycles. The van der Waals surface area contributed by atoms with Gasteiger partial charge in [0, 0.05) is 4.47 Å². The third-order valence-electron chi connectivity index (χ3n) is 3.25. The summed E-state index contributed by atoms with van der Waals surface area (Å²) in [5.41, 5.74) is -5.29. The lowest BCUT2D eigenvalue weighted by molar-refractivity contribution is -0.0436. The van der Waals surface area contributed by atoms with E-state index in [1.165, 1.54) is 18.2 Å². The van der Waals surface area contributed by atoms with Crippen molar-refractivity contribution in [3.63, 3.8) is 0 Å². The Morgan fingerprint density at radius 3 is 2.19 bits per heavy atom. The largest absolute Gasteiger partial charge is 0.501 e. The highest BCUT2D eigenvalue weighted by Crippen LogP contribution is 2.30. The standard InChI is InChI=1S/C15H10BrF3O5S2/c16-10-3-6-13(12(7-10)14(20)21)25(22)8-9-1-4-11(5-2-9)26(23,24)15(17,18)19/h1-7H,8H2,(H,20,21). The summed E-state index contributed by atoms with van der Waals surface area (Å²) in [5.74, 6) is -1.46. The molecular weight excluding hydrogens is 461 g/mol. The van der Waals surface area contributed by atoms with Crippen molar-refractivity contribution in [3.05, 3.63) is 58.1 Å². The summed E-state index contributed by atoms with van der Waals surface area (Å²) in [6, 6.07) is 7.93. The van der Waals surface area contributed by atoms with Gasteiger partial charge in [0.25, 0.3) is 9.84 Å². The van der Waals surface area contributed by atoms with E-state index >= 15 is 0 Å². The molecule has 1 unspecified atom stereocenters. The second-order valence-corrected chi connectivity index (χ2v) is 9.31. The number of carbonyl (C=O) groups is 1. The number of alkyl halides is 3. The van der Waals surface area contributed by atoms with Crippen molar-refractivity contribution in [2.45, 2.75) is 21.1 Å². The third-order valence-corrected chi connectivity index (χ3v) is 6.69. The molecule has 0 saturated heterocycles. The van der Waals surface area contributed by atoms with Crippen LogP contribution in [-0.4, -0.2) is 29.2 Å². The first kappa shape index (κ1) is 20.6. The molecule has 2 aromatic rings. The lowest BCUT2D eigenvalue weighted by Crippen LogP contribution is -2.23. The zero-order valence-corrected chi connectivity index (χ0v) is 15.9. The van der Waals surface area contributed by atoms with Crippen LogP contribution in [0.4, 0.5) is 13.2 Å². The van der Waals surface area contributed by atoms with Gasteiger partial charge in [0.2, 0.25) is 0 Å². The van der Waals surface area contributed by atoms with Crippen LogP contribution in [-0.2, 0) is 26.4 Å². The number of carboxylic acid groups (broad SMARTS) is 1. The van der Waals surface area contributed by atoms with Gasteiger partial charge in [-0.05, 0) is 35.9 Å². The summed E-state index contributed by atoms with van der Waals surface area (Å²) in [6.45, 7) is 0. The Kier molecular flexibility index (Phi) is 5.93. The Bertz CT molecular complexity index is 970. The van der Waals surface area contributed by atoms with Crippen molar-refractivity contribution < 1.29 is 35.7 Å². The molecule has 11 heteroatoms. The molecule has 0 aliphatic heterocycles. The van der Waals surface area contributed by atoms with Gasteiger partial charge in [0.05, 0.1) is 31.9 Å². The molecule has 1 atom stereocenters. The van der Waals surface area contributed by atoms with Crippen LogP contribution < -0.4 is 0 Å². The number of rotatable bonds is 5. The highest BCUT2D eigenvalue weighted by molar-refractivity contribution is 9.10. The van der Waals surface area contributed by atoms with Crippen LogP contribution in [0.2, 0.25) is 0 Å². The quantitative estimate of drug-likeness (QED) is 0.718. The minimum Gasteiger partial charge on any atom is -0.478 e. The van der Waals surface area contributed by atoms with Gasteiger partial charge in [-0.3, -0.25) is 4.21 Å². The number of halogens is 4. The monoisotopic (exact) mass is 470 g/mol. The molecule has 5 nitrogen and oxygen atoms in total. The fourth-order valence-corrected chi connectivity index (χ4v) is 4.38. The summed E-state index contributed by atoms with van der Waals surface area (Å²) in [5, 5.41) is 9.18. The average Bonchev–Trinajstić information content (AvgIpc) is 2.54. The van der Waals surface area contributed by atoms with Gasteiger partial charge in [0.15, 0.2) is 0 Å². The molecule has 0 fully saturated rings. The zero-order valence-electron chi connectivity index (χ0n) is 12.7. The van der Waals surface area contributed by atoms with Crippen molar-refractivity contribution >= 4 is 42.5 Å². The molecule has 140 valence electrons. The van der Waals surface area contributed by atoms with Crippen LogP contribution in [0.5, 0.6) is 0 Å². The first-order chi connectivity index (χ1) is 11.9. The number of hydrogen-bond acceptors (Lipinski definition) is 4. The van der Waals surface area contributed by atoms with Crippen LogP contribution in [0.3, 0.4) is 0 Å². The van der Waals surface area contributed by atoms with E-state index in [2.05, 4.69) is 15.9 Å². The summed E-state index contributed by atoms with van der Waals surface area (Å²) in [4.78, 5) is 10.4. The predicted octanol–water partition coefficient (Wildman–Crippen LogP) is 3.75. The number of carboxylic acids is 1. The maximum Gasteiger partial charge on any atom is 0.501 e. The molecule has 0 spiro atoms. The van der Waals surface area contributed by atoms with Crippen LogP contribution in [0.25, 0.3) is 0 Å². The Morgan fingerprint density at radius 2 is 1.69 bits per heavy atom. The lowest BCUT2D eigenvalue weighted by Gasteiger charge is -2.09. The van der Waals surface area contributed by atoms with Gasteiger partial charge in [-0.15, -0.1) is 0 Å². The molecule has 0 heterocycles. The Balaban J connectivity index is 2.28. The van der Waals surface area contributed by atoms with Crippen molar-refractivity contribution in [1.29, 1.82) is 0 Å². The molecule has 0 aliphatic rings. The smallest absolute Gasteiger partial charge is 0.478 e. The molecule has 0 radical (unpaired) electrons. The van der Waals surface area contributed by atoms with E-state index in [1.807, 2.05) is 0 Å². The topological polar surface area (TPSA) is 88.5 Å². The number of hydrogen-bond donors (Lipinski definition) is 1. The summed E-state index contributed by atoms with van der Waals surface area (Å²) in [7, 11) is -7.25. The lowest BCUT2D eigenvalue weighted by atomic mass is 10.2. The van der Waals surface area contributed by atoms with Gasteiger partial charge in [-0.25, -0.2) is 13.2 Å². The van der Waals surface area contributed by atoms with Crippen molar-refractivity contribution in [1.82, 2.24) is 0 Å². The molecular formula is C15H10BrF3O5S2. The van der Waals surface area contributed by atoms with Crippen LogP contribution in [0.15, 0.2) is 56.7 Å². The Labute approximate surface area is 157 Å². The van der Waals surface area contributed by atoms with Crippen LogP contribution in [0.1, 0.15) is 15.9 Å². The van der Waals surface area contributed by atoms with E-state index in [0.717, 1.165) is 24.3 Å². The van der Waals surface area contributed by atoms with Crippen molar-refractivity contribution in [2.24, 2.45) is 0 Å². The molecule has 0 amide bonds. The van der Waals surface area contributed by atoms with Crippen molar-refractivity contribution in [2.75, 3.05) is 0 Å². The van der Waals surface area contributed by atoms with E-state index in [4.69, 9.17) is 0 Å². The molecule has 1 N–H and O–H groups in total. The molecule has 26 heavy (non-hydrogen) atoms. The van der Waals surface area contributed by atoms with Crippen molar-refractivity contribution in [3.8, 4) is 0 Å². The molecule has 0 aromatic heterocycles. The van der Waals surface area contributed by atoms with Gasteiger partial charge in [0.1, 0.15) is 0 Å². The summed E-state index contributed by atoms with van der Waals surface area (Å²) >= 11 is 3.11. The minimum absolute atomic E-state index is 0.0488. The van der Waals surface area contributed by atoms with Crippen LogP contribution >= 0.6 is 15.9 Å². The van der Waals surface area contributed by atoms with Gasteiger partial charge < -0.3 is 5.11 Å². The Hall–Kier alpha value is -1.72. The fourth-order valence-electron chi connectivity index (χ4n) is 2.00. The molecule has 0 saturated carbocycles. The highest BCUT2D eigenvalue weighted by atomic mass is 79.9.